The van der Waals surface area contributed by atoms with Crippen LogP contribution in [0.25, 0.3) is 11.3 Å². The van der Waals surface area contributed by atoms with Crippen molar-refractivity contribution in [1.82, 2.24) is 9.29 Å². The van der Waals surface area contributed by atoms with Gasteiger partial charge in [-0.1, -0.05) is 30.3 Å². The van der Waals surface area contributed by atoms with Crippen molar-refractivity contribution >= 4 is 32.4 Å². The SMILES string of the molecule is CC(C)N(Cc1ccccc1)S(=O)(=O)c1ccc(C(=O)Nc2nc(-c3ccc4c(c3)OCCO4)cs2)cc1. The van der Waals surface area contributed by atoms with E-state index in [4.69, 9.17) is 9.47 Å². The highest BCUT2D eigenvalue weighted by molar-refractivity contribution is 7.89. The van der Waals surface area contributed by atoms with Crippen LogP contribution in [0.1, 0.15) is 29.8 Å². The second-order valence-electron chi connectivity index (χ2n) is 9.00. The third kappa shape index (κ3) is 5.57. The molecule has 0 unspecified atom stereocenters. The van der Waals surface area contributed by atoms with Gasteiger partial charge in [-0.3, -0.25) is 10.1 Å². The topological polar surface area (TPSA) is 97.8 Å². The number of benzene rings is 3. The summed E-state index contributed by atoms with van der Waals surface area (Å²) in [6, 6.07) is 20.8. The Kier molecular flexibility index (Phi) is 7.46. The van der Waals surface area contributed by atoms with E-state index in [0.717, 1.165) is 11.1 Å². The molecule has 8 nitrogen and oxygen atoms in total. The van der Waals surface area contributed by atoms with Crippen LogP contribution in [0.5, 0.6) is 11.5 Å². The van der Waals surface area contributed by atoms with Gasteiger partial charge in [0.05, 0.1) is 10.6 Å². The van der Waals surface area contributed by atoms with Crippen LogP contribution < -0.4 is 14.8 Å². The first-order valence-electron chi connectivity index (χ1n) is 12.1. The van der Waals surface area contributed by atoms with E-state index < -0.39 is 10.0 Å². The summed E-state index contributed by atoms with van der Waals surface area (Å²) in [5.41, 5.74) is 2.79. The lowest BCUT2D eigenvalue weighted by atomic mass is 10.1. The van der Waals surface area contributed by atoms with Gasteiger partial charge in [0.25, 0.3) is 5.91 Å². The number of sulfonamides is 1. The van der Waals surface area contributed by atoms with Crippen molar-refractivity contribution in [3.8, 4) is 22.8 Å². The molecule has 0 aliphatic carbocycles. The van der Waals surface area contributed by atoms with Crippen LogP contribution in [0, 0.1) is 0 Å². The molecule has 10 heteroatoms. The maximum Gasteiger partial charge on any atom is 0.257 e. The fraction of sp³-hybridized carbons (Fsp3) is 0.214. The van der Waals surface area contributed by atoms with Crippen molar-refractivity contribution in [1.29, 1.82) is 0 Å². The number of carbonyl (C=O) groups is 1. The number of aromatic nitrogens is 1. The summed E-state index contributed by atoms with van der Waals surface area (Å²) in [5.74, 6) is 0.995. The standard InChI is InChI=1S/C28H27N3O5S2/c1-19(2)31(17-20-6-4-3-5-7-20)38(33,34)23-11-8-21(9-12-23)27(32)30-28-29-24(18-37-28)22-10-13-25-26(16-22)36-15-14-35-25/h3-13,16,18-19H,14-15,17H2,1-2H3,(H,29,30,32). The molecule has 38 heavy (non-hydrogen) atoms. The molecule has 0 radical (unpaired) electrons. The van der Waals surface area contributed by atoms with Crippen LogP contribution in [-0.2, 0) is 16.6 Å². The first-order valence-corrected chi connectivity index (χ1v) is 14.5. The van der Waals surface area contributed by atoms with Gasteiger partial charge in [0.15, 0.2) is 16.6 Å². The molecule has 0 saturated carbocycles. The van der Waals surface area contributed by atoms with Crippen molar-refractivity contribution < 1.29 is 22.7 Å². The fourth-order valence-corrected chi connectivity index (χ4v) is 6.40. The molecule has 196 valence electrons. The molecule has 3 aromatic carbocycles. The normalized spacial score (nSPS) is 13.1. The summed E-state index contributed by atoms with van der Waals surface area (Å²) in [7, 11) is -3.76. The van der Waals surface area contributed by atoms with Gasteiger partial charge >= 0.3 is 0 Å². The number of rotatable bonds is 8. The second-order valence-corrected chi connectivity index (χ2v) is 11.8. The van der Waals surface area contributed by atoms with E-state index in [1.807, 2.05) is 67.8 Å². The molecular weight excluding hydrogens is 522 g/mol. The maximum atomic E-state index is 13.4. The number of ether oxygens (including phenoxy) is 2. The number of carbonyl (C=O) groups excluding carboxylic acids is 1. The van der Waals surface area contributed by atoms with Gasteiger partial charge < -0.3 is 9.47 Å². The number of hydrogen-bond acceptors (Lipinski definition) is 7. The summed E-state index contributed by atoms with van der Waals surface area (Å²) in [6.45, 7) is 4.97. The fourth-order valence-electron chi connectivity index (χ4n) is 4.06. The highest BCUT2D eigenvalue weighted by Gasteiger charge is 2.27. The Labute approximate surface area is 225 Å². The summed E-state index contributed by atoms with van der Waals surface area (Å²) < 4.78 is 39.4. The van der Waals surface area contributed by atoms with Crippen LogP contribution in [-0.4, -0.2) is 42.9 Å². The minimum atomic E-state index is -3.76. The van der Waals surface area contributed by atoms with Gasteiger partial charge in [-0.25, -0.2) is 13.4 Å². The van der Waals surface area contributed by atoms with E-state index in [9.17, 15) is 13.2 Å². The van der Waals surface area contributed by atoms with Crippen molar-refractivity contribution in [3.63, 3.8) is 0 Å². The highest BCUT2D eigenvalue weighted by atomic mass is 32.2. The third-order valence-corrected chi connectivity index (χ3v) is 8.84. The van der Waals surface area contributed by atoms with Gasteiger partial charge in [0, 0.05) is 29.1 Å². The number of nitrogens with zero attached hydrogens (tertiary/aromatic N) is 2. The largest absolute Gasteiger partial charge is 0.486 e. The van der Waals surface area contributed by atoms with Gasteiger partial charge in [0.2, 0.25) is 10.0 Å². The van der Waals surface area contributed by atoms with E-state index in [2.05, 4.69) is 10.3 Å². The summed E-state index contributed by atoms with van der Waals surface area (Å²) in [4.78, 5) is 17.5. The van der Waals surface area contributed by atoms with Gasteiger partial charge in [-0.2, -0.15) is 4.31 Å². The Bertz CT molecular complexity index is 1530. The Morgan fingerprint density at radius 3 is 2.42 bits per heavy atom. The number of fused-ring (bicyclic) bond motifs is 1. The molecule has 0 fully saturated rings. The first kappa shape index (κ1) is 25.9. The molecule has 1 aliphatic rings. The average Bonchev–Trinajstić information content (AvgIpc) is 3.40. The van der Waals surface area contributed by atoms with Crippen LogP contribution in [0.15, 0.2) is 83.1 Å². The first-order chi connectivity index (χ1) is 18.3. The molecule has 0 spiro atoms. The van der Waals surface area contributed by atoms with E-state index in [-0.39, 0.29) is 23.4 Å². The van der Waals surface area contributed by atoms with Crippen LogP contribution in [0.2, 0.25) is 0 Å². The number of nitrogens with one attached hydrogen (secondary N) is 1. The molecule has 2 heterocycles. The zero-order chi connectivity index (χ0) is 26.7. The van der Waals surface area contributed by atoms with E-state index >= 15 is 0 Å². The lowest BCUT2D eigenvalue weighted by Gasteiger charge is -2.26. The lowest BCUT2D eigenvalue weighted by molar-refractivity contribution is 0.102. The lowest BCUT2D eigenvalue weighted by Crippen LogP contribution is -2.36. The zero-order valence-electron chi connectivity index (χ0n) is 21.0. The Hall–Kier alpha value is -3.73. The predicted octanol–water partition coefficient (Wildman–Crippen LogP) is 5.43. The second kappa shape index (κ2) is 10.9. The molecule has 1 N–H and O–H groups in total. The minimum Gasteiger partial charge on any atom is -0.486 e. The quantitative estimate of drug-likeness (QED) is 0.315. The molecule has 1 amide bonds. The van der Waals surface area contributed by atoms with Crippen LogP contribution >= 0.6 is 11.3 Å². The van der Waals surface area contributed by atoms with E-state index in [0.29, 0.717) is 41.1 Å². The molecular formula is C28H27N3O5S2. The monoisotopic (exact) mass is 549 g/mol. The molecule has 1 aliphatic heterocycles. The summed E-state index contributed by atoms with van der Waals surface area (Å²) in [6.07, 6.45) is 0. The number of thiazole rings is 1. The van der Waals surface area contributed by atoms with Gasteiger partial charge in [0.1, 0.15) is 13.2 Å². The molecule has 1 aromatic heterocycles. The highest BCUT2D eigenvalue weighted by Crippen LogP contribution is 2.35. The Morgan fingerprint density at radius 1 is 1.00 bits per heavy atom. The molecule has 0 bridgehead atoms. The average molecular weight is 550 g/mol. The predicted molar refractivity (Wildman–Crippen MR) is 147 cm³/mol. The third-order valence-electron chi connectivity index (χ3n) is 6.04. The number of hydrogen-bond donors (Lipinski definition) is 1. The molecule has 0 atom stereocenters. The Balaban J connectivity index is 1.28. The van der Waals surface area contributed by atoms with Crippen molar-refractivity contribution in [2.45, 2.75) is 31.3 Å². The molecule has 4 aromatic rings. The van der Waals surface area contributed by atoms with Crippen molar-refractivity contribution in [2.24, 2.45) is 0 Å². The maximum absolute atomic E-state index is 13.4. The van der Waals surface area contributed by atoms with Gasteiger partial charge in [-0.15, -0.1) is 11.3 Å². The zero-order valence-corrected chi connectivity index (χ0v) is 22.6. The number of amides is 1. The number of anilines is 1. The van der Waals surface area contributed by atoms with Crippen molar-refractivity contribution in [3.05, 3.63) is 89.3 Å². The van der Waals surface area contributed by atoms with Crippen molar-refractivity contribution in [2.75, 3.05) is 18.5 Å². The van der Waals surface area contributed by atoms with Crippen LogP contribution in [0.4, 0.5) is 5.13 Å². The van der Waals surface area contributed by atoms with E-state index in [1.165, 1.54) is 39.9 Å². The smallest absolute Gasteiger partial charge is 0.257 e. The van der Waals surface area contributed by atoms with Gasteiger partial charge in [-0.05, 0) is 61.9 Å². The van der Waals surface area contributed by atoms with Crippen LogP contribution in [0.3, 0.4) is 0 Å². The molecule has 5 rings (SSSR count). The van der Waals surface area contributed by atoms with E-state index in [1.54, 1.807) is 0 Å². The Morgan fingerprint density at radius 2 is 1.71 bits per heavy atom. The minimum absolute atomic E-state index is 0.133. The summed E-state index contributed by atoms with van der Waals surface area (Å²) in [5, 5.41) is 5.08. The summed E-state index contributed by atoms with van der Waals surface area (Å²) >= 11 is 1.30. The molecule has 0 saturated heterocycles.